The number of carbonyl (C=O) groups excluding carboxylic acids is 1. The number of esters is 1. The maximum atomic E-state index is 11.4. The molecule has 1 unspecified atom stereocenters. The first-order valence-electron chi connectivity index (χ1n) is 7.79. The molecule has 0 aromatic heterocycles. The first kappa shape index (κ1) is 18.0. The maximum absolute atomic E-state index is 11.4. The number of methoxy groups -OCH3 is 1. The number of aliphatic hydroxyl groups is 1. The van der Waals surface area contributed by atoms with E-state index in [1.807, 2.05) is 54.4 Å². The fraction of sp³-hybridized carbons (Fsp3) is 0.316. The molecule has 0 aliphatic rings. The molecule has 0 radical (unpaired) electrons. The maximum Gasteiger partial charge on any atom is 0.337 e. The molecule has 5 heteroatoms. The molecule has 2 aromatic carbocycles. The van der Waals surface area contributed by atoms with Crippen molar-refractivity contribution in [2.45, 2.75) is 12.7 Å². The molecule has 0 saturated carbocycles. The quantitative estimate of drug-likeness (QED) is 0.754. The van der Waals surface area contributed by atoms with E-state index in [1.54, 1.807) is 12.1 Å². The van der Waals surface area contributed by atoms with Gasteiger partial charge in [-0.05, 0) is 29.8 Å². The lowest BCUT2D eigenvalue weighted by Crippen LogP contribution is -2.32. The van der Waals surface area contributed by atoms with Gasteiger partial charge < -0.3 is 19.5 Å². The highest BCUT2D eigenvalue weighted by Crippen LogP contribution is 2.15. The topological polar surface area (TPSA) is 59.0 Å². The Morgan fingerprint density at radius 2 is 1.79 bits per heavy atom. The van der Waals surface area contributed by atoms with Crippen LogP contribution >= 0.6 is 0 Å². The minimum Gasteiger partial charge on any atom is -0.465 e. The summed E-state index contributed by atoms with van der Waals surface area (Å²) in [4.78, 5) is 13.3. The summed E-state index contributed by atoms with van der Waals surface area (Å²) >= 11 is 0. The van der Waals surface area contributed by atoms with E-state index in [0.29, 0.717) is 18.7 Å². The second kappa shape index (κ2) is 9.05. The smallest absolute Gasteiger partial charge is 0.337 e. The Bertz CT molecular complexity index is 628. The van der Waals surface area contributed by atoms with Crippen LogP contribution in [0.2, 0.25) is 0 Å². The van der Waals surface area contributed by atoms with E-state index >= 15 is 0 Å². The number of carbonyl (C=O) groups is 1. The van der Waals surface area contributed by atoms with Crippen molar-refractivity contribution in [1.82, 2.24) is 0 Å². The summed E-state index contributed by atoms with van der Waals surface area (Å²) in [6.07, 6.45) is -0.598. The molecule has 0 aliphatic heterocycles. The highest BCUT2D eigenvalue weighted by Gasteiger charge is 2.11. The molecule has 0 bridgehead atoms. The van der Waals surface area contributed by atoms with Crippen molar-refractivity contribution in [3.63, 3.8) is 0 Å². The van der Waals surface area contributed by atoms with Gasteiger partial charge in [0.1, 0.15) is 0 Å². The van der Waals surface area contributed by atoms with Gasteiger partial charge in [0.05, 0.1) is 32.0 Å². The van der Waals surface area contributed by atoms with Crippen LogP contribution in [0.4, 0.5) is 5.69 Å². The van der Waals surface area contributed by atoms with E-state index in [-0.39, 0.29) is 12.6 Å². The summed E-state index contributed by atoms with van der Waals surface area (Å²) in [6, 6.07) is 16.9. The Morgan fingerprint density at radius 3 is 2.42 bits per heavy atom. The average molecular weight is 329 g/mol. The van der Waals surface area contributed by atoms with Crippen LogP contribution in [0.1, 0.15) is 15.9 Å². The molecule has 0 saturated heterocycles. The number of ether oxygens (including phenoxy) is 2. The van der Waals surface area contributed by atoms with Gasteiger partial charge in [-0.15, -0.1) is 0 Å². The number of nitrogens with zero attached hydrogens (tertiary/aromatic N) is 1. The lowest BCUT2D eigenvalue weighted by Gasteiger charge is -2.23. The van der Waals surface area contributed by atoms with Gasteiger partial charge in [0.25, 0.3) is 0 Å². The first-order valence-corrected chi connectivity index (χ1v) is 7.79. The van der Waals surface area contributed by atoms with Crippen LogP contribution in [-0.4, -0.2) is 44.5 Å². The molecule has 2 rings (SSSR count). The molecule has 5 nitrogen and oxygen atoms in total. The fourth-order valence-electron chi connectivity index (χ4n) is 2.33. The van der Waals surface area contributed by atoms with Gasteiger partial charge in [0, 0.05) is 19.3 Å². The molecular formula is C19H23NO4. The number of hydrogen-bond donors (Lipinski definition) is 1. The van der Waals surface area contributed by atoms with Gasteiger partial charge >= 0.3 is 5.97 Å². The van der Waals surface area contributed by atoms with Crippen molar-refractivity contribution in [1.29, 1.82) is 0 Å². The Kier molecular flexibility index (Phi) is 6.78. The third-order valence-corrected chi connectivity index (χ3v) is 3.64. The molecule has 0 heterocycles. The van der Waals surface area contributed by atoms with Gasteiger partial charge in [-0.1, -0.05) is 30.3 Å². The number of benzene rings is 2. The largest absolute Gasteiger partial charge is 0.465 e. The minimum atomic E-state index is -0.598. The van der Waals surface area contributed by atoms with Crippen LogP contribution in [-0.2, 0) is 16.1 Å². The van der Waals surface area contributed by atoms with Crippen molar-refractivity contribution in [2.24, 2.45) is 0 Å². The number of hydrogen-bond acceptors (Lipinski definition) is 5. The van der Waals surface area contributed by atoms with Gasteiger partial charge in [-0.2, -0.15) is 0 Å². The summed E-state index contributed by atoms with van der Waals surface area (Å²) in [5.41, 5.74) is 2.49. The summed E-state index contributed by atoms with van der Waals surface area (Å²) in [6.45, 7) is 1.18. The molecule has 0 aliphatic carbocycles. The fourth-order valence-corrected chi connectivity index (χ4v) is 2.33. The number of likely N-dealkylation sites (N-methyl/N-ethyl adjacent to an activating group) is 1. The van der Waals surface area contributed by atoms with Crippen LogP contribution in [0.3, 0.4) is 0 Å². The van der Waals surface area contributed by atoms with Crippen LogP contribution in [0, 0.1) is 0 Å². The normalized spacial score (nSPS) is 11.8. The average Bonchev–Trinajstić information content (AvgIpc) is 2.62. The molecule has 0 spiro atoms. The zero-order valence-electron chi connectivity index (χ0n) is 14.0. The molecule has 1 N–H and O–H groups in total. The van der Waals surface area contributed by atoms with Gasteiger partial charge in [0.15, 0.2) is 0 Å². The summed E-state index contributed by atoms with van der Waals surface area (Å²) in [7, 11) is 3.24. The van der Waals surface area contributed by atoms with Crippen LogP contribution < -0.4 is 4.90 Å². The van der Waals surface area contributed by atoms with Crippen molar-refractivity contribution in [3.05, 3.63) is 65.7 Å². The Balaban J connectivity index is 1.78. The Hall–Kier alpha value is -2.37. The standard InChI is InChI=1S/C19H23NO4/c1-20(17-10-8-16(9-11-17)19(22)23-2)12-18(21)14-24-13-15-6-4-3-5-7-15/h3-11,18,21H,12-14H2,1-2H3. The number of anilines is 1. The molecule has 24 heavy (non-hydrogen) atoms. The first-order chi connectivity index (χ1) is 11.6. The van der Waals surface area contributed by atoms with Crippen LogP contribution in [0.15, 0.2) is 54.6 Å². The van der Waals surface area contributed by atoms with E-state index < -0.39 is 6.10 Å². The molecule has 1 atom stereocenters. The van der Waals surface area contributed by atoms with E-state index in [4.69, 9.17) is 4.74 Å². The Morgan fingerprint density at radius 1 is 1.12 bits per heavy atom. The van der Waals surface area contributed by atoms with Crippen LogP contribution in [0.5, 0.6) is 0 Å². The van der Waals surface area contributed by atoms with Crippen molar-refractivity contribution >= 4 is 11.7 Å². The molecule has 0 fully saturated rings. The van der Waals surface area contributed by atoms with Gasteiger partial charge in [0.2, 0.25) is 0 Å². The number of rotatable bonds is 8. The lowest BCUT2D eigenvalue weighted by molar-refractivity contribution is 0.0324. The molecule has 2 aromatic rings. The zero-order chi connectivity index (χ0) is 17.4. The Labute approximate surface area is 142 Å². The third-order valence-electron chi connectivity index (χ3n) is 3.64. The van der Waals surface area contributed by atoms with E-state index in [1.165, 1.54) is 7.11 Å². The van der Waals surface area contributed by atoms with Crippen molar-refractivity contribution < 1.29 is 19.4 Å². The second-order valence-corrected chi connectivity index (χ2v) is 5.57. The highest BCUT2D eigenvalue weighted by atomic mass is 16.5. The van der Waals surface area contributed by atoms with Gasteiger partial charge in [-0.25, -0.2) is 4.79 Å². The predicted octanol–water partition coefficient (Wildman–Crippen LogP) is 2.49. The summed E-state index contributed by atoms with van der Waals surface area (Å²) < 4.78 is 10.2. The van der Waals surface area contributed by atoms with E-state index in [9.17, 15) is 9.90 Å². The zero-order valence-corrected chi connectivity index (χ0v) is 14.0. The third kappa shape index (κ3) is 5.37. The lowest BCUT2D eigenvalue weighted by atomic mass is 10.2. The molecule has 128 valence electrons. The van der Waals surface area contributed by atoms with Gasteiger partial charge in [-0.3, -0.25) is 0 Å². The van der Waals surface area contributed by atoms with Crippen molar-refractivity contribution in [3.8, 4) is 0 Å². The van der Waals surface area contributed by atoms with Crippen molar-refractivity contribution in [2.75, 3.05) is 32.2 Å². The van der Waals surface area contributed by atoms with E-state index in [0.717, 1.165) is 11.3 Å². The highest BCUT2D eigenvalue weighted by molar-refractivity contribution is 5.89. The molecule has 0 amide bonds. The van der Waals surface area contributed by atoms with Crippen LogP contribution in [0.25, 0.3) is 0 Å². The van der Waals surface area contributed by atoms with E-state index in [2.05, 4.69) is 4.74 Å². The molecular weight excluding hydrogens is 306 g/mol. The number of aliphatic hydroxyl groups excluding tert-OH is 1. The SMILES string of the molecule is COC(=O)c1ccc(N(C)CC(O)COCc2ccccc2)cc1. The monoisotopic (exact) mass is 329 g/mol. The predicted molar refractivity (Wildman–Crippen MR) is 93.2 cm³/mol. The summed E-state index contributed by atoms with van der Waals surface area (Å²) in [5, 5.41) is 10.1. The minimum absolute atomic E-state index is 0.263. The summed E-state index contributed by atoms with van der Waals surface area (Å²) in [5.74, 6) is -0.362. The second-order valence-electron chi connectivity index (χ2n) is 5.57.